The molecule has 7 nitrogen and oxygen atoms in total. The first kappa shape index (κ1) is 22.1. The van der Waals surface area contributed by atoms with Gasteiger partial charge in [-0.25, -0.2) is 9.50 Å². The molecule has 1 amide bonds. The molecule has 34 heavy (non-hydrogen) atoms. The predicted octanol–water partition coefficient (Wildman–Crippen LogP) is 5.05. The number of alkyl halides is 3. The van der Waals surface area contributed by atoms with Gasteiger partial charge in [-0.2, -0.15) is 23.4 Å². The van der Waals surface area contributed by atoms with Gasteiger partial charge in [-0.1, -0.05) is 24.3 Å². The van der Waals surface area contributed by atoms with Gasteiger partial charge >= 0.3 is 6.18 Å². The molecule has 1 saturated carbocycles. The molecule has 1 N–H and O–H groups in total. The van der Waals surface area contributed by atoms with E-state index in [4.69, 9.17) is 0 Å². The van der Waals surface area contributed by atoms with E-state index in [1.807, 2.05) is 38.1 Å². The zero-order valence-electron chi connectivity index (χ0n) is 18.9. The minimum atomic E-state index is -4.62. The van der Waals surface area contributed by atoms with Gasteiger partial charge in [-0.3, -0.25) is 9.48 Å². The Kier molecular flexibility index (Phi) is 5.18. The highest BCUT2D eigenvalue weighted by Gasteiger charge is 2.37. The van der Waals surface area contributed by atoms with Crippen LogP contribution in [0.3, 0.4) is 0 Å². The largest absolute Gasteiger partial charge is 0.433 e. The molecule has 0 saturated heterocycles. The number of hydrogen-bond acceptors (Lipinski definition) is 4. The number of amides is 1. The van der Waals surface area contributed by atoms with Crippen molar-refractivity contribution in [3.05, 3.63) is 76.0 Å². The lowest BCUT2D eigenvalue weighted by molar-refractivity contribution is -0.142. The normalized spacial score (nSPS) is 14.1. The lowest BCUT2D eigenvalue weighted by Crippen LogP contribution is -2.16. The van der Waals surface area contributed by atoms with Crippen LogP contribution >= 0.6 is 0 Å². The molecule has 0 unspecified atom stereocenters. The van der Waals surface area contributed by atoms with E-state index in [2.05, 4.69) is 20.5 Å². The Morgan fingerprint density at radius 3 is 2.53 bits per heavy atom. The standard InChI is InChI=1S/C24H23F3N6O/c1-13-6-4-5-7-17(13)12-32-15(3)22(14(2)30-32)29-23(34)19-11-21-28-18(16-8-9-16)10-20(24(25,26)27)33(21)31-19/h4-7,10-11,16H,8-9,12H2,1-3H3,(H,29,34). The fraction of sp³-hybridized carbons (Fsp3) is 0.333. The first-order chi connectivity index (χ1) is 16.1. The molecular formula is C24H23F3N6O. The summed E-state index contributed by atoms with van der Waals surface area (Å²) in [6.45, 7) is 6.16. The van der Waals surface area contributed by atoms with E-state index in [9.17, 15) is 18.0 Å². The summed E-state index contributed by atoms with van der Waals surface area (Å²) in [5.74, 6) is -0.587. The third kappa shape index (κ3) is 4.04. The highest BCUT2D eigenvalue weighted by atomic mass is 19.4. The molecular weight excluding hydrogens is 445 g/mol. The molecule has 0 bridgehead atoms. The number of nitrogens with zero attached hydrogens (tertiary/aromatic N) is 5. The number of benzene rings is 1. The Morgan fingerprint density at radius 1 is 1.12 bits per heavy atom. The van der Waals surface area contributed by atoms with Gasteiger partial charge in [-0.15, -0.1) is 0 Å². The molecule has 1 aliphatic rings. The van der Waals surface area contributed by atoms with Crippen molar-refractivity contribution in [1.29, 1.82) is 0 Å². The first-order valence-corrected chi connectivity index (χ1v) is 11.0. The molecule has 0 aliphatic heterocycles. The molecule has 10 heteroatoms. The Balaban J connectivity index is 1.45. The second-order valence-corrected chi connectivity index (χ2v) is 8.72. The molecule has 5 rings (SSSR count). The van der Waals surface area contributed by atoms with Crippen LogP contribution in [0.25, 0.3) is 5.65 Å². The van der Waals surface area contributed by atoms with Crippen molar-refractivity contribution in [3.8, 4) is 0 Å². The molecule has 0 radical (unpaired) electrons. The van der Waals surface area contributed by atoms with Crippen LogP contribution in [0, 0.1) is 20.8 Å². The van der Waals surface area contributed by atoms with Gasteiger partial charge in [-0.05, 0) is 50.8 Å². The van der Waals surface area contributed by atoms with Crippen molar-refractivity contribution >= 4 is 17.2 Å². The quantitative estimate of drug-likeness (QED) is 0.445. The van der Waals surface area contributed by atoms with Crippen molar-refractivity contribution in [2.45, 2.75) is 52.3 Å². The molecule has 1 aromatic carbocycles. The maximum absolute atomic E-state index is 13.7. The predicted molar refractivity (Wildman–Crippen MR) is 120 cm³/mol. The average Bonchev–Trinajstić information content (AvgIpc) is 3.49. The molecule has 3 heterocycles. The Morgan fingerprint density at radius 2 is 1.85 bits per heavy atom. The maximum atomic E-state index is 13.7. The Labute approximate surface area is 193 Å². The summed E-state index contributed by atoms with van der Waals surface area (Å²) < 4.78 is 43.5. The lowest BCUT2D eigenvalue weighted by Gasteiger charge is -2.10. The van der Waals surface area contributed by atoms with Gasteiger partial charge in [0.15, 0.2) is 11.3 Å². The third-order valence-electron chi connectivity index (χ3n) is 6.17. The number of nitrogens with one attached hydrogen (secondary N) is 1. The number of carbonyl (C=O) groups is 1. The SMILES string of the molecule is Cc1ccccc1Cn1nc(C)c(NC(=O)c2cc3nc(C4CC4)cc(C(F)(F)F)n3n2)c1C. The summed E-state index contributed by atoms with van der Waals surface area (Å²) in [6.07, 6.45) is -2.99. The summed E-state index contributed by atoms with van der Waals surface area (Å²) in [5.41, 5.74) is 3.40. The van der Waals surface area contributed by atoms with Crippen LogP contribution in [-0.2, 0) is 12.7 Å². The van der Waals surface area contributed by atoms with Crippen molar-refractivity contribution < 1.29 is 18.0 Å². The van der Waals surface area contributed by atoms with E-state index in [0.29, 0.717) is 28.1 Å². The number of anilines is 1. The maximum Gasteiger partial charge on any atom is 0.433 e. The fourth-order valence-corrected chi connectivity index (χ4v) is 4.05. The van der Waals surface area contributed by atoms with Gasteiger partial charge in [0.05, 0.1) is 23.6 Å². The molecule has 3 aromatic heterocycles. The van der Waals surface area contributed by atoms with Crippen molar-refractivity contribution in [3.63, 3.8) is 0 Å². The molecule has 1 fully saturated rings. The zero-order chi connectivity index (χ0) is 24.2. The summed E-state index contributed by atoms with van der Waals surface area (Å²) in [5, 5.41) is 11.2. The van der Waals surface area contributed by atoms with E-state index in [-0.39, 0.29) is 17.3 Å². The van der Waals surface area contributed by atoms with Gasteiger partial charge in [0.25, 0.3) is 5.91 Å². The monoisotopic (exact) mass is 468 g/mol. The van der Waals surface area contributed by atoms with E-state index in [1.165, 1.54) is 6.07 Å². The number of hydrogen-bond donors (Lipinski definition) is 1. The van der Waals surface area contributed by atoms with Crippen LogP contribution < -0.4 is 5.32 Å². The fourth-order valence-electron chi connectivity index (χ4n) is 4.05. The average molecular weight is 468 g/mol. The minimum absolute atomic E-state index is 0.00515. The topological polar surface area (TPSA) is 77.1 Å². The first-order valence-electron chi connectivity index (χ1n) is 11.0. The van der Waals surface area contributed by atoms with Gasteiger partial charge < -0.3 is 5.32 Å². The van der Waals surface area contributed by atoms with E-state index in [0.717, 1.165) is 35.7 Å². The van der Waals surface area contributed by atoms with Crippen molar-refractivity contribution in [2.75, 3.05) is 5.32 Å². The van der Waals surface area contributed by atoms with Gasteiger partial charge in [0, 0.05) is 17.7 Å². The van der Waals surface area contributed by atoms with Crippen LogP contribution in [-0.4, -0.2) is 30.3 Å². The number of halogens is 3. The highest BCUT2D eigenvalue weighted by molar-refractivity contribution is 6.04. The molecule has 1 aliphatic carbocycles. The van der Waals surface area contributed by atoms with Gasteiger partial charge in [0.2, 0.25) is 0 Å². The molecule has 0 spiro atoms. The van der Waals surface area contributed by atoms with Crippen molar-refractivity contribution in [2.24, 2.45) is 0 Å². The van der Waals surface area contributed by atoms with Crippen molar-refractivity contribution in [1.82, 2.24) is 24.4 Å². The van der Waals surface area contributed by atoms with E-state index in [1.54, 1.807) is 11.6 Å². The summed E-state index contributed by atoms with van der Waals surface area (Å²) >= 11 is 0. The van der Waals surface area contributed by atoms with E-state index < -0.39 is 17.8 Å². The molecule has 176 valence electrons. The number of fused-ring (bicyclic) bond motifs is 1. The number of carbonyl (C=O) groups excluding carboxylic acids is 1. The second kappa shape index (κ2) is 7.96. The lowest BCUT2D eigenvalue weighted by atomic mass is 10.1. The smallest absolute Gasteiger partial charge is 0.317 e. The number of rotatable bonds is 5. The van der Waals surface area contributed by atoms with Crippen LogP contribution in [0.1, 0.15) is 63.2 Å². The van der Waals surface area contributed by atoms with Gasteiger partial charge in [0.1, 0.15) is 5.69 Å². The summed E-state index contributed by atoms with van der Waals surface area (Å²) in [7, 11) is 0. The molecule has 4 aromatic rings. The van der Waals surface area contributed by atoms with E-state index >= 15 is 0 Å². The highest BCUT2D eigenvalue weighted by Crippen LogP contribution is 2.41. The van der Waals surface area contributed by atoms with Crippen LogP contribution in [0.5, 0.6) is 0 Å². The summed E-state index contributed by atoms with van der Waals surface area (Å²) in [6, 6.07) is 10.3. The van der Waals surface area contributed by atoms with Crippen LogP contribution in [0.4, 0.5) is 18.9 Å². The summed E-state index contributed by atoms with van der Waals surface area (Å²) in [4.78, 5) is 17.3. The number of aromatic nitrogens is 5. The third-order valence-corrected chi connectivity index (χ3v) is 6.17. The number of aryl methyl sites for hydroxylation is 2. The second-order valence-electron chi connectivity index (χ2n) is 8.72. The minimum Gasteiger partial charge on any atom is -0.317 e. The molecule has 0 atom stereocenters. The van der Waals surface area contributed by atoms with Crippen LogP contribution in [0.2, 0.25) is 0 Å². The zero-order valence-corrected chi connectivity index (χ0v) is 18.9. The van der Waals surface area contributed by atoms with Crippen LogP contribution in [0.15, 0.2) is 36.4 Å². The Bertz CT molecular complexity index is 1410. The Hall–Kier alpha value is -3.69.